The molecule has 1 aromatic heterocycles. The highest BCUT2D eigenvalue weighted by Gasteiger charge is 2.28. The average molecular weight is 419 g/mol. The van der Waals surface area contributed by atoms with Gasteiger partial charge in [-0.05, 0) is 68.3 Å². The fourth-order valence-corrected chi connectivity index (χ4v) is 4.55. The molecule has 6 heteroatoms. The molecule has 1 N–H and O–H groups in total. The summed E-state index contributed by atoms with van der Waals surface area (Å²) in [5.41, 5.74) is 4.66. The Balaban J connectivity index is 1.85. The second kappa shape index (κ2) is 7.80. The molecule has 0 aliphatic rings. The van der Waals surface area contributed by atoms with Crippen LogP contribution >= 0.6 is 0 Å². The zero-order valence-corrected chi connectivity index (χ0v) is 17.8. The lowest BCUT2D eigenvalue weighted by atomic mass is 10.1. The molecule has 0 aliphatic heterocycles. The predicted octanol–water partition coefficient (Wildman–Crippen LogP) is 5.84. The molecule has 0 atom stereocenters. The normalized spacial score (nSPS) is 11.4. The first-order valence-corrected chi connectivity index (χ1v) is 11.0. The number of oxazole rings is 1. The summed E-state index contributed by atoms with van der Waals surface area (Å²) in [5.74, 6) is 0.343. The van der Waals surface area contributed by atoms with Crippen molar-refractivity contribution in [2.24, 2.45) is 0 Å². The van der Waals surface area contributed by atoms with Crippen LogP contribution in [-0.2, 0) is 9.84 Å². The van der Waals surface area contributed by atoms with E-state index in [2.05, 4.69) is 10.3 Å². The highest BCUT2D eigenvalue weighted by atomic mass is 32.2. The number of nitrogens with one attached hydrogen (secondary N) is 1. The van der Waals surface area contributed by atoms with Gasteiger partial charge in [0.25, 0.3) is 0 Å². The maximum atomic E-state index is 13.3. The van der Waals surface area contributed by atoms with E-state index in [-0.39, 0.29) is 21.7 Å². The Morgan fingerprint density at radius 3 is 2.07 bits per heavy atom. The van der Waals surface area contributed by atoms with Gasteiger partial charge in [-0.3, -0.25) is 0 Å². The van der Waals surface area contributed by atoms with E-state index in [4.69, 9.17) is 4.42 Å². The van der Waals surface area contributed by atoms with Crippen molar-refractivity contribution in [3.05, 3.63) is 89.5 Å². The number of anilines is 2. The van der Waals surface area contributed by atoms with Crippen LogP contribution < -0.4 is 5.32 Å². The molecule has 5 nitrogen and oxygen atoms in total. The van der Waals surface area contributed by atoms with Crippen molar-refractivity contribution in [1.29, 1.82) is 0 Å². The molecule has 0 saturated heterocycles. The van der Waals surface area contributed by atoms with Gasteiger partial charge in [-0.2, -0.15) is 4.98 Å². The summed E-state index contributed by atoms with van der Waals surface area (Å²) >= 11 is 0. The fourth-order valence-electron chi connectivity index (χ4n) is 3.28. The van der Waals surface area contributed by atoms with Crippen molar-refractivity contribution in [3.8, 4) is 11.5 Å². The van der Waals surface area contributed by atoms with E-state index in [0.29, 0.717) is 5.56 Å². The second-order valence-electron chi connectivity index (χ2n) is 7.34. The number of rotatable bonds is 5. The monoisotopic (exact) mass is 418 g/mol. The molecule has 0 radical (unpaired) electrons. The van der Waals surface area contributed by atoms with Crippen LogP contribution in [0.5, 0.6) is 0 Å². The van der Waals surface area contributed by atoms with Gasteiger partial charge < -0.3 is 9.73 Å². The maximum Gasteiger partial charge on any atom is 0.238 e. The molecule has 0 bridgehead atoms. The van der Waals surface area contributed by atoms with Crippen molar-refractivity contribution in [2.75, 3.05) is 5.32 Å². The molecule has 0 aliphatic carbocycles. The van der Waals surface area contributed by atoms with Crippen molar-refractivity contribution in [3.63, 3.8) is 0 Å². The van der Waals surface area contributed by atoms with E-state index in [1.54, 1.807) is 30.3 Å². The summed E-state index contributed by atoms with van der Waals surface area (Å²) in [7, 11) is -3.87. The van der Waals surface area contributed by atoms with Crippen LogP contribution in [0.4, 0.5) is 11.6 Å². The topological polar surface area (TPSA) is 72.2 Å². The van der Waals surface area contributed by atoms with Crippen molar-refractivity contribution >= 4 is 21.4 Å². The van der Waals surface area contributed by atoms with Crippen LogP contribution in [-0.4, -0.2) is 13.4 Å². The third-order valence-corrected chi connectivity index (χ3v) is 6.36. The first kappa shape index (κ1) is 19.9. The third kappa shape index (κ3) is 4.00. The minimum atomic E-state index is -3.87. The number of nitrogens with zero attached hydrogens (tertiary/aromatic N) is 1. The first-order chi connectivity index (χ1) is 14.3. The lowest BCUT2D eigenvalue weighted by molar-refractivity contribution is 0.582. The summed E-state index contributed by atoms with van der Waals surface area (Å²) in [4.78, 5) is 4.55. The van der Waals surface area contributed by atoms with E-state index in [1.807, 2.05) is 63.2 Å². The zero-order chi connectivity index (χ0) is 21.3. The minimum Gasteiger partial charge on any atom is -0.419 e. The lowest BCUT2D eigenvalue weighted by Gasteiger charge is -2.08. The van der Waals surface area contributed by atoms with E-state index < -0.39 is 9.84 Å². The second-order valence-corrected chi connectivity index (χ2v) is 9.20. The molecule has 0 saturated carbocycles. The molecule has 0 unspecified atom stereocenters. The molecule has 0 spiro atoms. The highest BCUT2D eigenvalue weighted by molar-refractivity contribution is 7.91. The molecule has 152 valence electrons. The quantitative estimate of drug-likeness (QED) is 0.441. The van der Waals surface area contributed by atoms with Gasteiger partial charge in [-0.15, -0.1) is 0 Å². The van der Waals surface area contributed by atoms with Crippen LogP contribution in [0.15, 0.2) is 87.1 Å². The molecular weight excluding hydrogens is 396 g/mol. The number of aryl methyl sites for hydroxylation is 3. The van der Waals surface area contributed by atoms with E-state index >= 15 is 0 Å². The summed E-state index contributed by atoms with van der Waals surface area (Å²) in [6.45, 7) is 5.95. The summed E-state index contributed by atoms with van der Waals surface area (Å²) < 4.78 is 32.6. The van der Waals surface area contributed by atoms with Gasteiger partial charge >= 0.3 is 0 Å². The van der Waals surface area contributed by atoms with Crippen LogP contribution in [0.1, 0.15) is 16.7 Å². The third-order valence-electron chi connectivity index (χ3n) is 4.68. The predicted molar refractivity (Wildman–Crippen MR) is 118 cm³/mol. The van der Waals surface area contributed by atoms with Gasteiger partial charge in [0.05, 0.1) is 4.90 Å². The SMILES string of the molecule is Cc1ccc(-c2nc(S(=O)(=O)c3ccccc3)c(Nc3cc(C)cc(C)c3)o2)cc1. The lowest BCUT2D eigenvalue weighted by Crippen LogP contribution is -2.05. The molecule has 30 heavy (non-hydrogen) atoms. The van der Waals surface area contributed by atoms with Gasteiger partial charge in [-0.25, -0.2) is 8.42 Å². The Morgan fingerprint density at radius 2 is 1.43 bits per heavy atom. The van der Waals surface area contributed by atoms with E-state index in [0.717, 1.165) is 22.4 Å². The average Bonchev–Trinajstić information content (AvgIpc) is 3.13. The zero-order valence-electron chi connectivity index (χ0n) is 17.0. The van der Waals surface area contributed by atoms with Gasteiger partial charge in [0.15, 0.2) is 0 Å². The minimum absolute atomic E-state index is 0.0967. The molecule has 4 rings (SSSR count). The molecule has 0 amide bonds. The van der Waals surface area contributed by atoms with Crippen molar-refractivity contribution in [1.82, 2.24) is 4.98 Å². The fraction of sp³-hybridized carbons (Fsp3) is 0.125. The largest absolute Gasteiger partial charge is 0.419 e. The number of benzene rings is 3. The van der Waals surface area contributed by atoms with Crippen molar-refractivity contribution < 1.29 is 12.8 Å². The van der Waals surface area contributed by atoms with Crippen LogP contribution in [0.2, 0.25) is 0 Å². The number of aromatic nitrogens is 1. The van der Waals surface area contributed by atoms with Gasteiger partial charge in [0.2, 0.25) is 26.6 Å². The highest BCUT2D eigenvalue weighted by Crippen LogP contribution is 2.34. The van der Waals surface area contributed by atoms with Gasteiger partial charge in [0, 0.05) is 11.3 Å². The smallest absolute Gasteiger partial charge is 0.238 e. The summed E-state index contributed by atoms with van der Waals surface area (Å²) in [6, 6.07) is 21.7. The number of hydrogen-bond donors (Lipinski definition) is 1. The Kier molecular flexibility index (Phi) is 5.18. The van der Waals surface area contributed by atoms with Gasteiger partial charge in [-0.1, -0.05) is 42.0 Å². The number of hydrogen-bond acceptors (Lipinski definition) is 5. The standard InChI is InChI=1S/C24H22N2O3S/c1-16-9-11-19(12-10-16)22-26-24(30(27,28)21-7-5-4-6-8-21)23(29-22)25-20-14-17(2)13-18(3)15-20/h4-15,25H,1-3H3. The Bertz CT molecular complexity index is 1270. The van der Waals surface area contributed by atoms with Crippen molar-refractivity contribution in [2.45, 2.75) is 30.7 Å². The number of sulfone groups is 1. The molecule has 3 aromatic carbocycles. The Labute approximate surface area is 176 Å². The van der Waals surface area contributed by atoms with Crippen LogP contribution in [0, 0.1) is 20.8 Å². The van der Waals surface area contributed by atoms with Crippen LogP contribution in [0.25, 0.3) is 11.5 Å². The van der Waals surface area contributed by atoms with E-state index in [9.17, 15) is 8.42 Å². The molecular formula is C24H22N2O3S. The molecule has 0 fully saturated rings. The Hall–Kier alpha value is -3.38. The summed E-state index contributed by atoms with van der Waals surface area (Å²) in [5, 5.41) is 2.99. The molecule has 1 heterocycles. The Morgan fingerprint density at radius 1 is 0.800 bits per heavy atom. The van der Waals surface area contributed by atoms with Crippen LogP contribution in [0.3, 0.4) is 0 Å². The molecule has 4 aromatic rings. The summed E-state index contributed by atoms with van der Waals surface area (Å²) in [6.07, 6.45) is 0. The van der Waals surface area contributed by atoms with E-state index in [1.165, 1.54) is 0 Å². The first-order valence-electron chi connectivity index (χ1n) is 9.56. The van der Waals surface area contributed by atoms with Gasteiger partial charge in [0.1, 0.15) is 0 Å². The maximum absolute atomic E-state index is 13.3.